The maximum atomic E-state index is 13.0. The van der Waals surface area contributed by atoms with Gasteiger partial charge >= 0.3 is 0 Å². The average molecular weight is 384 g/mol. The Balaban J connectivity index is 1.43. The monoisotopic (exact) mass is 384 g/mol. The molecular weight excluding hydrogens is 359 g/mol. The molecule has 148 valence electrons. The van der Waals surface area contributed by atoms with Gasteiger partial charge in [0, 0.05) is 19.0 Å². The number of halogens is 1. The van der Waals surface area contributed by atoms with E-state index in [1.54, 1.807) is 17.0 Å². The van der Waals surface area contributed by atoms with Crippen LogP contribution in [0.4, 0.5) is 4.39 Å². The molecule has 1 atom stereocenters. The van der Waals surface area contributed by atoms with E-state index in [0.717, 1.165) is 5.56 Å². The Morgan fingerprint density at radius 1 is 1.11 bits per heavy atom. The molecule has 1 aliphatic heterocycles. The number of hydrogen-bond donors (Lipinski definition) is 1. The second-order valence-electron chi connectivity index (χ2n) is 7.04. The number of rotatable bonds is 6. The Morgan fingerprint density at radius 2 is 1.75 bits per heavy atom. The first-order chi connectivity index (χ1) is 13.5. The molecule has 0 saturated carbocycles. The quantitative estimate of drug-likeness (QED) is 0.831. The molecule has 2 aromatic carbocycles. The van der Waals surface area contributed by atoms with Gasteiger partial charge in [0.15, 0.2) is 6.61 Å². The molecule has 2 amide bonds. The van der Waals surface area contributed by atoms with Gasteiger partial charge < -0.3 is 15.0 Å². The van der Waals surface area contributed by atoms with Crippen molar-refractivity contribution in [2.45, 2.75) is 25.8 Å². The van der Waals surface area contributed by atoms with Crippen LogP contribution in [0.2, 0.25) is 0 Å². The van der Waals surface area contributed by atoms with Crippen LogP contribution in [-0.4, -0.2) is 36.4 Å². The second-order valence-corrected chi connectivity index (χ2v) is 7.04. The SMILES string of the molecule is CC(NC(=O)C1CCN(C(=O)COc2ccccc2)CC1)c1ccc(F)cc1. The number of carbonyl (C=O) groups excluding carboxylic acids is 2. The maximum Gasteiger partial charge on any atom is 0.260 e. The number of para-hydroxylation sites is 1. The Bertz CT molecular complexity index is 787. The number of ether oxygens (including phenoxy) is 1. The van der Waals surface area contributed by atoms with Crippen LogP contribution in [0.3, 0.4) is 0 Å². The Kier molecular flexibility index (Phi) is 6.63. The maximum absolute atomic E-state index is 13.0. The lowest BCUT2D eigenvalue weighted by Gasteiger charge is -2.32. The van der Waals surface area contributed by atoms with Crippen molar-refractivity contribution in [2.24, 2.45) is 5.92 Å². The summed E-state index contributed by atoms with van der Waals surface area (Å²) < 4.78 is 18.5. The van der Waals surface area contributed by atoms with Gasteiger partial charge in [0.05, 0.1) is 6.04 Å². The molecule has 0 aliphatic carbocycles. The van der Waals surface area contributed by atoms with Crippen molar-refractivity contribution in [3.63, 3.8) is 0 Å². The highest BCUT2D eigenvalue weighted by molar-refractivity contribution is 5.81. The number of amides is 2. The number of piperidine rings is 1. The fourth-order valence-electron chi connectivity index (χ4n) is 3.31. The van der Waals surface area contributed by atoms with Crippen molar-refractivity contribution in [2.75, 3.05) is 19.7 Å². The molecule has 5 nitrogen and oxygen atoms in total. The normalized spacial score (nSPS) is 15.7. The third-order valence-electron chi connectivity index (χ3n) is 5.05. The highest BCUT2D eigenvalue weighted by Crippen LogP contribution is 2.20. The van der Waals surface area contributed by atoms with Gasteiger partial charge in [0.1, 0.15) is 11.6 Å². The minimum absolute atomic E-state index is 0.00246. The molecule has 0 radical (unpaired) electrons. The molecule has 1 unspecified atom stereocenters. The first kappa shape index (κ1) is 19.9. The van der Waals surface area contributed by atoms with Gasteiger partial charge in [0.2, 0.25) is 5.91 Å². The lowest BCUT2D eigenvalue weighted by Crippen LogP contribution is -2.44. The third kappa shape index (κ3) is 5.31. The number of carbonyl (C=O) groups is 2. The summed E-state index contributed by atoms with van der Waals surface area (Å²) >= 11 is 0. The Labute approximate surface area is 164 Å². The molecule has 1 saturated heterocycles. The molecule has 6 heteroatoms. The van der Waals surface area contributed by atoms with E-state index in [9.17, 15) is 14.0 Å². The Hall–Kier alpha value is -2.89. The zero-order chi connectivity index (χ0) is 19.9. The summed E-state index contributed by atoms with van der Waals surface area (Å²) in [6.07, 6.45) is 1.25. The average Bonchev–Trinajstić information content (AvgIpc) is 2.73. The number of nitrogens with zero attached hydrogens (tertiary/aromatic N) is 1. The first-order valence-corrected chi connectivity index (χ1v) is 9.54. The molecule has 1 aliphatic rings. The van der Waals surface area contributed by atoms with Gasteiger partial charge in [-0.05, 0) is 49.6 Å². The summed E-state index contributed by atoms with van der Waals surface area (Å²) in [6.45, 7) is 2.97. The van der Waals surface area contributed by atoms with Crippen molar-refractivity contribution in [3.8, 4) is 5.75 Å². The fourth-order valence-corrected chi connectivity index (χ4v) is 3.31. The third-order valence-corrected chi connectivity index (χ3v) is 5.05. The molecular formula is C22H25FN2O3. The van der Waals surface area contributed by atoms with Gasteiger partial charge in [-0.2, -0.15) is 0 Å². The van der Waals surface area contributed by atoms with E-state index in [4.69, 9.17) is 4.74 Å². The van der Waals surface area contributed by atoms with E-state index in [1.807, 2.05) is 37.3 Å². The summed E-state index contributed by atoms with van der Waals surface area (Å²) in [5, 5.41) is 2.99. The number of benzene rings is 2. The molecule has 0 bridgehead atoms. The van der Waals surface area contributed by atoms with Crippen molar-refractivity contribution < 1.29 is 18.7 Å². The fraction of sp³-hybridized carbons (Fsp3) is 0.364. The lowest BCUT2D eigenvalue weighted by molar-refractivity contribution is -0.137. The van der Waals surface area contributed by atoms with Gasteiger partial charge in [-0.15, -0.1) is 0 Å². The zero-order valence-corrected chi connectivity index (χ0v) is 15.9. The minimum atomic E-state index is -0.296. The van der Waals surface area contributed by atoms with Crippen LogP contribution in [-0.2, 0) is 9.59 Å². The van der Waals surface area contributed by atoms with Crippen LogP contribution in [0.15, 0.2) is 54.6 Å². The smallest absolute Gasteiger partial charge is 0.260 e. The van der Waals surface area contributed by atoms with Gasteiger partial charge in [-0.1, -0.05) is 30.3 Å². The summed E-state index contributed by atoms with van der Waals surface area (Å²) in [5.74, 6) is 0.157. The number of hydrogen-bond acceptors (Lipinski definition) is 3. The van der Waals surface area contributed by atoms with E-state index in [0.29, 0.717) is 31.7 Å². The van der Waals surface area contributed by atoms with Crippen molar-refractivity contribution in [1.82, 2.24) is 10.2 Å². The standard InChI is InChI=1S/C22H25FN2O3/c1-16(17-7-9-19(23)10-8-17)24-22(27)18-11-13-25(14-12-18)21(26)15-28-20-5-3-2-4-6-20/h2-10,16,18H,11-15H2,1H3,(H,24,27). The molecule has 1 N–H and O–H groups in total. The molecule has 1 heterocycles. The predicted molar refractivity (Wildman–Crippen MR) is 104 cm³/mol. The van der Waals surface area contributed by atoms with Crippen LogP contribution in [0.25, 0.3) is 0 Å². The van der Waals surface area contributed by atoms with Crippen molar-refractivity contribution >= 4 is 11.8 Å². The van der Waals surface area contributed by atoms with Gasteiger partial charge in [-0.25, -0.2) is 4.39 Å². The van der Waals surface area contributed by atoms with Gasteiger partial charge in [0.25, 0.3) is 5.91 Å². The highest BCUT2D eigenvalue weighted by atomic mass is 19.1. The topological polar surface area (TPSA) is 58.6 Å². The van der Waals surface area contributed by atoms with E-state index in [2.05, 4.69) is 5.32 Å². The molecule has 0 aromatic heterocycles. The van der Waals surface area contributed by atoms with E-state index >= 15 is 0 Å². The highest BCUT2D eigenvalue weighted by Gasteiger charge is 2.28. The summed E-state index contributed by atoms with van der Waals surface area (Å²) in [7, 11) is 0. The summed E-state index contributed by atoms with van der Waals surface area (Å²) in [6, 6.07) is 15.2. The van der Waals surface area contributed by atoms with Crippen LogP contribution >= 0.6 is 0 Å². The molecule has 1 fully saturated rings. The largest absolute Gasteiger partial charge is 0.484 e. The molecule has 3 rings (SSSR count). The van der Waals surface area contributed by atoms with Crippen molar-refractivity contribution in [3.05, 3.63) is 66.0 Å². The summed E-state index contributed by atoms with van der Waals surface area (Å²) in [4.78, 5) is 26.6. The minimum Gasteiger partial charge on any atom is -0.484 e. The van der Waals surface area contributed by atoms with E-state index < -0.39 is 0 Å². The first-order valence-electron chi connectivity index (χ1n) is 9.54. The number of nitrogens with one attached hydrogen (secondary N) is 1. The number of likely N-dealkylation sites (tertiary alicyclic amines) is 1. The lowest BCUT2D eigenvalue weighted by atomic mass is 9.95. The predicted octanol–water partition coefficient (Wildman–Crippen LogP) is 3.32. The van der Waals surface area contributed by atoms with Crippen molar-refractivity contribution in [1.29, 1.82) is 0 Å². The van der Waals surface area contributed by atoms with Crippen LogP contribution < -0.4 is 10.1 Å². The van der Waals surface area contributed by atoms with E-state index in [1.165, 1.54) is 12.1 Å². The van der Waals surface area contributed by atoms with Gasteiger partial charge in [-0.3, -0.25) is 9.59 Å². The van der Waals surface area contributed by atoms with Crippen LogP contribution in [0, 0.1) is 11.7 Å². The second kappa shape index (κ2) is 9.35. The summed E-state index contributed by atoms with van der Waals surface area (Å²) in [5.41, 5.74) is 0.862. The zero-order valence-electron chi connectivity index (χ0n) is 15.9. The Morgan fingerprint density at radius 3 is 2.39 bits per heavy atom. The van der Waals surface area contributed by atoms with Crippen LogP contribution in [0.5, 0.6) is 5.75 Å². The van der Waals surface area contributed by atoms with Crippen LogP contribution in [0.1, 0.15) is 31.4 Å². The van der Waals surface area contributed by atoms with E-state index in [-0.39, 0.29) is 36.2 Å². The molecule has 0 spiro atoms. The molecule has 28 heavy (non-hydrogen) atoms. The molecule has 2 aromatic rings.